The van der Waals surface area contributed by atoms with Crippen molar-refractivity contribution in [2.75, 3.05) is 32.6 Å². The van der Waals surface area contributed by atoms with Crippen LogP contribution in [0.1, 0.15) is 30.0 Å². The Morgan fingerprint density at radius 3 is 2.74 bits per heavy atom. The van der Waals surface area contributed by atoms with Gasteiger partial charge in [0.25, 0.3) is 0 Å². The number of hydrogen-bond donors (Lipinski definition) is 1. The van der Waals surface area contributed by atoms with E-state index in [1.54, 1.807) is 33.3 Å². The zero-order valence-corrected chi connectivity index (χ0v) is 15.9. The Morgan fingerprint density at radius 2 is 2.04 bits per heavy atom. The summed E-state index contributed by atoms with van der Waals surface area (Å²) in [6.45, 7) is 2.75. The minimum Gasteiger partial charge on any atom is -0.497 e. The second-order valence-corrected chi connectivity index (χ2v) is 6.75. The summed E-state index contributed by atoms with van der Waals surface area (Å²) in [7, 11) is 3.27. The van der Waals surface area contributed by atoms with E-state index < -0.39 is 0 Å². The molecule has 3 rings (SSSR count). The van der Waals surface area contributed by atoms with Crippen molar-refractivity contribution >= 4 is 11.6 Å². The summed E-state index contributed by atoms with van der Waals surface area (Å²) in [4.78, 5) is 14.6. The van der Waals surface area contributed by atoms with Gasteiger partial charge >= 0.3 is 0 Å². The van der Waals surface area contributed by atoms with Crippen LogP contribution in [0.2, 0.25) is 0 Å². The SMILES string of the molecule is COc1ccc(OC)c(C2CCCN2CC(=O)Nc2ccc(C)c(F)c2)c1. The molecule has 1 aliphatic heterocycles. The normalized spacial score (nSPS) is 17.0. The molecule has 6 heteroatoms. The van der Waals surface area contributed by atoms with Crippen LogP contribution in [0.15, 0.2) is 36.4 Å². The average Bonchev–Trinajstić information content (AvgIpc) is 3.11. The molecular weight excluding hydrogens is 347 g/mol. The Balaban J connectivity index is 1.73. The average molecular weight is 372 g/mol. The Hall–Kier alpha value is -2.60. The maximum Gasteiger partial charge on any atom is 0.238 e. The maximum atomic E-state index is 13.7. The molecule has 1 N–H and O–H groups in total. The van der Waals surface area contributed by atoms with Gasteiger partial charge in [-0.1, -0.05) is 6.07 Å². The van der Waals surface area contributed by atoms with Crippen LogP contribution in [0.4, 0.5) is 10.1 Å². The van der Waals surface area contributed by atoms with E-state index in [0.29, 0.717) is 11.3 Å². The van der Waals surface area contributed by atoms with Gasteiger partial charge in [-0.15, -0.1) is 0 Å². The van der Waals surface area contributed by atoms with Gasteiger partial charge < -0.3 is 14.8 Å². The number of ether oxygens (including phenoxy) is 2. The summed E-state index contributed by atoms with van der Waals surface area (Å²) < 4.78 is 24.5. The number of halogens is 1. The molecule has 2 aromatic carbocycles. The van der Waals surface area contributed by atoms with Crippen LogP contribution in [-0.2, 0) is 4.79 Å². The number of rotatable bonds is 6. The number of nitrogens with zero attached hydrogens (tertiary/aromatic N) is 1. The van der Waals surface area contributed by atoms with Crippen molar-refractivity contribution in [3.8, 4) is 11.5 Å². The van der Waals surface area contributed by atoms with Gasteiger partial charge in [0.2, 0.25) is 5.91 Å². The topological polar surface area (TPSA) is 50.8 Å². The third-order valence-corrected chi connectivity index (χ3v) is 4.96. The van der Waals surface area contributed by atoms with Crippen molar-refractivity contribution in [2.45, 2.75) is 25.8 Å². The number of hydrogen-bond acceptors (Lipinski definition) is 4. The fourth-order valence-electron chi connectivity index (χ4n) is 3.52. The Bertz CT molecular complexity index is 825. The van der Waals surface area contributed by atoms with E-state index in [9.17, 15) is 9.18 Å². The van der Waals surface area contributed by atoms with Crippen LogP contribution in [0, 0.1) is 12.7 Å². The number of amides is 1. The first-order valence-corrected chi connectivity index (χ1v) is 9.04. The number of carbonyl (C=O) groups is 1. The lowest BCUT2D eigenvalue weighted by Crippen LogP contribution is -2.33. The molecule has 2 aromatic rings. The molecule has 1 heterocycles. The first-order chi connectivity index (χ1) is 13.0. The molecule has 0 spiro atoms. The number of aryl methyl sites for hydroxylation is 1. The highest BCUT2D eigenvalue weighted by atomic mass is 19.1. The van der Waals surface area contributed by atoms with Crippen molar-refractivity contribution in [1.29, 1.82) is 0 Å². The van der Waals surface area contributed by atoms with Gasteiger partial charge in [-0.3, -0.25) is 9.69 Å². The molecule has 1 atom stereocenters. The number of anilines is 1. The minimum absolute atomic E-state index is 0.0792. The first kappa shape index (κ1) is 19.2. The molecule has 0 saturated carbocycles. The number of nitrogens with one attached hydrogen (secondary N) is 1. The summed E-state index contributed by atoms with van der Waals surface area (Å²) in [6, 6.07) is 10.5. The Labute approximate surface area is 159 Å². The summed E-state index contributed by atoms with van der Waals surface area (Å²) in [5.74, 6) is 1.06. The van der Waals surface area contributed by atoms with Gasteiger partial charge in [0, 0.05) is 17.3 Å². The van der Waals surface area contributed by atoms with E-state index in [0.717, 1.165) is 36.4 Å². The summed E-state index contributed by atoms with van der Waals surface area (Å²) >= 11 is 0. The highest BCUT2D eigenvalue weighted by Crippen LogP contribution is 2.38. The Kier molecular flexibility index (Phi) is 5.96. The zero-order chi connectivity index (χ0) is 19.4. The van der Waals surface area contributed by atoms with Gasteiger partial charge in [-0.2, -0.15) is 0 Å². The number of benzene rings is 2. The summed E-state index contributed by atoms with van der Waals surface area (Å²) in [5, 5.41) is 2.78. The highest BCUT2D eigenvalue weighted by molar-refractivity contribution is 5.92. The lowest BCUT2D eigenvalue weighted by atomic mass is 10.0. The molecule has 1 unspecified atom stereocenters. The largest absolute Gasteiger partial charge is 0.497 e. The predicted octanol–water partition coefficient (Wildman–Crippen LogP) is 3.93. The predicted molar refractivity (Wildman–Crippen MR) is 103 cm³/mol. The van der Waals surface area contributed by atoms with Crippen molar-refractivity contribution in [3.63, 3.8) is 0 Å². The maximum absolute atomic E-state index is 13.7. The molecule has 27 heavy (non-hydrogen) atoms. The molecule has 1 amide bonds. The van der Waals surface area contributed by atoms with Crippen molar-refractivity contribution < 1.29 is 18.7 Å². The molecule has 5 nitrogen and oxygen atoms in total. The summed E-state index contributed by atoms with van der Waals surface area (Å²) in [6.07, 6.45) is 1.94. The second kappa shape index (κ2) is 8.39. The van der Waals surface area contributed by atoms with Crippen LogP contribution in [0.5, 0.6) is 11.5 Å². The monoisotopic (exact) mass is 372 g/mol. The Morgan fingerprint density at radius 1 is 1.22 bits per heavy atom. The standard InChI is InChI=1S/C21H25FN2O3/c1-14-6-7-15(11-18(14)22)23-21(25)13-24-10-4-5-19(24)17-12-16(26-2)8-9-20(17)27-3/h6-9,11-12,19H,4-5,10,13H2,1-3H3,(H,23,25). The van der Waals surface area contributed by atoms with E-state index >= 15 is 0 Å². The number of methoxy groups -OCH3 is 2. The third-order valence-electron chi connectivity index (χ3n) is 4.96. The molecule has 0 aliphatic carbocycles. The van der Waals surface area contributed by atoms with Crippen LogP contribution in [0.25, 0.3) is 0 Å². The van der Waals surface area contributed by atoms with E-state index in [-0.39, 0.29) is 24.3 Å². The zero-order valence-electron chi connectivity index (χ0n) is 15.9. The van der Waals surface area contributed by atoms with E-state index in [1.807, 2.05) is 18.2 Å². The van der Waals surface area contributed by atoms with E-state index in [2.05, 4.69) is 10.2 Å². The third kappa shape index (κ3) is 4.39. The smallest absolute Gasteiger partial charge is 0.238 e. The molecule has 1 fully saturated rings. The van der Waals surface area contributed by atoms with E-state index in [1.165, 1.54) is 6.07 Å². The minimum atomic E-state index is -0.326. The fraction of sp³-hybridized carbons (Fsp3) is 0.381. The lowest BCUT2D eigenvalue weighted by Gasteiger charge is -2.26. The number of carbonyl (C=O) groups excluding carboxylic acids is 1. The molecule has 0 radical (unpaired) electrons. The van der Waals surface area contributed by atoms with Gasteiger partial charge in [0.1, 0.15) is 17.3 Å². The second-order valence-electron chi connectivity index (χ2n) is 6.75. The number of likely N-dealkylation sites (tertiary alicyclic amines) is 1. The highest BCUT2D eigenvalue weighted by Gasteiger charge is 2.30. The molecular formula is C21H25FN2O3. The molecule has 0 bridgehead atoms. The van der Waals surface area contributed by atoms with Crippen molar-refractivity contribution in [1.82, 2.24) is 4.90 Å². The lowest BCUT2D eigenvalue weighted by molar-refractivity contribution is -0.117. The molecule has 144 valence electrons. The quantitative estimate of drug-likeness (QED) is 0.835. The van der Waals surface area contributed by atoms with Crippen molar-refractivity contribution in [2.24, 2.45) is 0 Å². The van der Waals surface area contributed by atoms with Crippen LogP contribution < -0.4 is 14.8 Å². The van der Waals surface area contributed by atoms with Crippen LogP contribution in [-0.4, -0.2) is 38.1 Å². The first-order valence-electron chi connectivity index (χ1n) is 9.04. The van der Waals surface area contributed by atoms with Crippen LogP contribution in [0.3, 0.4) is 0 Å². The van der Waals surface area contributed by atoms with Gasteiger partial charge in [-0.05, 0) is 62.2 Å². The van der Waals surface area contributed by atoms with E-state index in [4.69, 9.17) is 9.47 Å². The van der Waals surface area contributed by atoms with Gasteiger partial charge in [0.15, 0.2) is 0 Å². The molecule has 0 aromatic heterocycles. The fourth-order valence-corrected chi connectivity index (χ4v) is 3.52. The van der Waals surface area contributed by atoms with Gasteiger partial charge in [-0.25, -0.2) is 4.39 Å². The van der Waals surface area contributed by atoms with Crippen LogP contribution >= 0.6 is 0 Å². The molecule has 1 saturated heterocycles. The molecule has 1 aliphatic rings. The summed E-state index contributed by atoms with van der Waals surface area (Å²) in [5.41, 5.74) is 2.04. The van der Waals surface area contributed by atoms with Crippen molar-refractivity contribution in [3.05, 3.63) is 53.3 Å². The van der Waals surface area contributed by atoms with Gasteiger partial charge in [0.05, 0.1) is 20.8 Å².